The fourth-order valence-corrected chi connectivity index (χ4v) is 0.201. The summed E-state index contributed by atoms with van der Waals surface area (Å²) < 4.78 is 0. The van der Waals surface area contributed by atoms with E-state index in [1.807, 2.05) is 0 Å². The summed E-state index contributed by atoms with van der Waals surface area (Å²) in [5.41, 5.74) is 11.5. The van der Waals surface area contributed by atoms with Crippen molar-refractivity contribution in [1.29, 1.82) is 0 Å². The van der Waals surface area contributed by atoms with Gasteiger partial charge in [-0.15, -0.1) is 0 Å². The molecule has 1 amide bonds. The van der Waals surface area contributed by atoms with Crippen LogP contribution in [0.4, 0.5) is 0 Å². The zero-order chi connectivity index (χ0) is 5.86. The van der Waals surface area contributed by atoms with E-state index in [0.29, 0.717) is 6.42 Å². The Labute approximate surface area is 42.7 Å². The monoisotopic (exact) mass is 101 g/mol. The maximum atomic E-state index is 9.97. The van der Waals surface area contributed by atoms with E-state index in [4.69, 9.17) is 11.5 Å². The SMILES string of the molecule is CCC([NH])C(N)=O. The minimum Gasteiger partial charge on any atom is -0.368 e. The zero-order valence-corrected chi connectivity index (χ0v) is 4.27. The minimum absolute atomic E-state index is 0.509. The van der Waals surface area contributed by atoms with Gasteiger partial charge in [-0.3, -0.25) is 4.79 Å². The smallest absolute Gasteiger partial charge is 0.235 e. The van der Waals surface area contributed by atoms with Gasteiger partial charge in [-0.1, -0.05) is 6.92 Å². The Morgan fingerprint density at radius 3 is 2.43 bits per heavy atom. The zero-order valence-electron chi connectivity index (χ0n) is 4.27. The molecule has 0 fully saturated rings. The quantitative estimate of drug-likeness (QED) is 0.502. The van der Waals surface area contributed by atoms with E-state index in [-0.39, 0.29) is 0 Å². The van der Waals surface area contributed by atoms with Gasteiger partial charge in [0.15, 0.2) is 0 Å². The van der Waals surface area contributed by atoms with Crippen molar-refractivity contribution in [2.75, 3.05) is 0 Å². The Bertz CT molecular complexity index is 72.1. The first kappa shape index (κ1) is 6.43. The molecule has 0 spiro atoms. The fraction of sp³-hybridized carbons (Fsp3) is 0.750. The minimum atomic E-state index is -0.708. The molecule has 7 heavy (non-hydrogen) atoms. The van der Waals surface area contributed by atoms with E-state index in [2.05, 4.69) is 0 Å². The van der Waals surface area contributed by atoms with Crippen LogP contribution in [-0.2, 0) is 4.79 Å². The first-order valence-electron chi connectivity index (χ1n) is 2.19. The first-order valence-corrected chi connectivity index (χ1v) is 2.19. The summed E-state index contributed by atoms with van der Waals surface area (Å²) in [5, 5.41) is 0. The molecule has 3 nitrogen and oxygen atoms in total. The maximum absolute atomic E-state index is 9.97. The first-order chi connectivity index (χ1) is 3.18. The molecule has 0 saturated carbocycles. The van der Waals surface area contributed by atoms with Crippen molar-refractivity contribution in [1.82, 2.24) is 5.73 Å². The summed E-state index contributed by atoms with van der Waals surface area (Å²) in [5.74, 6) is -0.539. The molecule has 3 heteroatoms. The molecule has 3 N–H and O–H groups in total. The van der Waals surface area contributed by atoms with Gasteiger partial charge in [0.25, 0.3) is 0 Å². The van der Waals surface area contributed by atoms with Crippen molar-refractivity contribution in [3.63, 3.8) is 0 Å². The molecule has 0 aliphatic carbocycles. The van der Waals surface area contributed by atoms with Gasteiger partial charge in [0.05, 0.1) is 6.04 Å². The van der Waals surface area contributed by atoms with Gasteiger partial charge in [0, 0.05) is 0 Å². The third kappa shape index (κ3) is 2.17. The summed E-state index contributed by atoms with van der Waals surface area (Å²) in [6.07, 6.45) is 0.509. The van der Waals surface area contributed by atoms with Crippen molar-refractivity contribution in [3.05, 3.63) is 0 Å². The molecule has 41 valence electrons. The average molecular weight is 101 g/mol. The number of nitrogens with one attached hydrogen (secondary N) is 1. The van der Waals surface area contributed by atoms with Crippen molar-refractivity contribution in [2.45, 2.75) is 19.4 Å². The highest BCUT2D eigenvalue weighted by Crippen LogP contribution is 1.82. The number of carbonyl (C=O) groups excluding carboxylic acids is 1. The van der Waals surface area contributed by atoms with Crippen molar-refractivity contribution < 1.29 is 4.79 Å². The molecule has 0 bridgehead atoms. The normalized spacial score (nSPS) is 13.4. The molecule has 0 heterocycles. The predicted molar refractivity (Wildman–Crippen MR) is 26.4 cm³/mol. The van der Waals surface area contributed by atoms with E-state index in [1.165, 1.54) is 0 Å². The van der Waals surface area contributed by atoms with Crippen LogP contribution >= 0.6 is 0 Å². The summed E-state index contributed by atoms with van der Waals surface area (Å²) in [7, 11) is 0. The molecule has 1 radical (unpaired) electrons. The van der Waals surface area contributed by atoms with Crippen LogP contribution in [0, 0.1) is 0 Å². The van der Waals surface area contributed by atoms with Gasteiger partial charge in [-0.2, -0.15) is 0 Å². The number of hydrogen-bond acceptors (Lipinski definition) is 1. The summed E-state index contributed by atoms with van der Waals surface area (Å²) in [6, 6.07) is -0.708. The van der Waals surface area contributed by atoms with Gasteiger partial charge >= 0.3 is 0 Å². The third-order valence-electron chi connectivity index (χ3n) is 0.752. The van der Waals surface area contributed by atoms with E-state index in [9.17, 15) is 4.79 Å². The Morgan fingerprint density at radius 1 is 2.00 bits per heavy atom. The number of hydrogen-bond donors (Lipinski definition) is 1. The lowest BCUT2D eigenvalue weighted by atomic mass is 10.2. The Morgan fingerprint density at radius 2 is 2.43 bits per heavy atom. The van der Waals surface area contributed by atoms with Gasteiger partial charge in [0.2, 0.25) is 5.91 Å². The molecular weight excluding hydrogens is 92.1 g/mol. The molecular formula is C4H9N2O. The maximum Gasteiger partial charge on any atom is 0.235 e. The van der Waals surface area contributed by atoms with Crippen LogP contribution in [-0.4, -0.2) is 11.9 Å². The van der Waals surface area contributed by atoms with Crippen LogP contribution in [0.1, 0.15) is 13.3 Å². The molecule has 0 saturated heterocycles. The number of amides is 1. The average Bonchev–Trinajstić information content (AvgIpc) is 1.65. The van der Waals surface area contributed by atoms with E-state index >= 15 is 0 Å². The molecule has 0 aliphatic heterocycles. The Balaban J connectivity index is 3.34. The number of nitrogens with two attached hydrogens (primary N) is 1. The molecule has 0 aliphatic rings. The lowest BCUT2D eigenvalue weighted by Gasteiger charge is -1.97. The van der Waals surface area contributed by atoms with Gasteiger partial charge < -0.3 is 5.73 Å². The number of carbonyl (C=O) groups is 1. The predicted octanol–water partition coefficient (Wildman–Crippen LogP) is -0.467. The highest BCUT2D eigenvalue weighted by molar-refractivity contribution is 5.79. The van der Waals surface area contributed by atoms with Crippen molar-refractivity contribution in [3.8, 4) is 0 Å². The lowest BCUT2D eigenvalue weighted by molar-refractivity contribution is -0.119. The summed E-state index contributed by atoms with van der Waals surface area (Å²) >= 11 is 0. The fourth-order valence-electron chi connectivity index (χ4n) is 0.201. The third-order valence-corrected chi connectivity index (χ3v) is 0.752. The Hall–Kier alpha value is -0.570. The van der Waals surface area contributed by atoms with Gasteiger partial charge in [-0.25, -0.2) is 5.73 Å². The van der Waals surface area contributed by atoms with Crippen LogP contribution in [0.15, 0.2) is 0 Å². The van der Waals surface area contributed by atoms with Crippen LogP contribution in [0.2, 0.25) is 0 Å². The van der Waals surface area contributed by atoms with Crippen molar-refractivity contribution >= 4 is 5.91 Å². The molecule has 1 atom stereocenters. The number of rotatable bonds is 2. The van der Waals surface area contributed by atoms with Gasteiger partial charge in [0.1, 0.15) is 0 Å². The lowest BCUT2D eigenvalue weighted by Crippen LogP contribution is -2.28. The Kier molecular flexibility index (Phi) is 2.37. The molecule has 0 aromatic heterocycles. The molecule has 1 unspecified atom stereocenters. The van der Waals surface area contributed by atoms with E-state index in [0.717, 1.165) is 0 Å². The summed E-state index contributed by atoms with van der Waals surface area (Å²) in [4.78, 5) is 9.97. The van der Waals surface area contributed by atoms with Gasteiger partial charge in [-0.05, 0) is 6.42 Å². The molecule has 0 aromatic rings. The van der Waals surface area contributed by atoms with Crippen LogP contribution in [0.3, 0.4) is 0 Å². The van der Waals surface area contributed by atoms with E-state index < -0.39 is 11.9 Å². The van der Waals surface area contributed by atoms with Crippen LogP contribution in [0.25, 0.3) is 0 Å². The summed E-state index contributed by atoms with van der Waals surface area (Å²) in [6.45, 7) is 1.75. The largest absolute Gasteiger partial charge is 0.368 e. The van der Waals surface area contributed by atoms with Crippen LogP contribution < -0.4 is 11.5 Å². The van der Waals surface area contributed by atoms with Crippen molar-refractivity contribution in [2.24, 2.45) is 5.73 Å². The highest BCUT2D eigenvalue weighted by Gasteiger charge is 2.03. The second kappa shape index (κ2) is 2.58. The molecule has 0 aromatic carbocycles. The second-order valence-electron chi connectivity index (χ2n) is 1.36. The van der Waals surface area contributed by atoms with E-state index in [1.54, 1.807) is 6.92 Å². The van der Waals surface area contributed by atoms with Crippen LogP contribution in [0.5, 0.6) is 0 Å². The topological polar surface area (TPSA) is 66.9 Å². The molecule has 0 rings (SSSR count). The standard InChI is InChI=1S/C4H9N2O/c1-2-3(5)4(6)7/h3,5H,2H2,1H3,(H2,6,7). The highest BCUT2D eigenvalue weighted by atomic mass is 16.1. The second-order valence-corrected chi connectivity index (χ2v) is 1.36. The number of primary amides is 1.